The van der Waals surface area contributed by atoms with Gasteiger partial charge in [0, 0.05) is 10.9 Å². The Hall–Kier alpha value is -2.20. The zero-order valence-electron chi connectivity index (χ0n) is 13.4. The van der Waals surface area contributed by atoms with Crippen molar-refractivity contribution in [3.8, 4) is 0 Å². The second-order valence-corrected chi connectivity index (χ2v) is 6.91. The fourth-order valence-electron chi connectivity index (χ4n) is 2.42. The number of para-hydroxylation sites is 1. The summed E-state index contributed by atoms with van der Waals surface area (Å²) in [5.41, 5.74) is 2.81. The van der Waals surface area contributed by atoms with Crippen LogP contribution in [0, 0.1) is 13.8 Å². The molecule has 0 amide bonds. The zero-order chi connectivity index (χ0) is 16.4. The fraction of sp³-hybridized carbons (Fsp3) is 0.211. The third kappa shape index (κ3) is 3.42. The average molecular weight is 322 g/mol. The van der Waals surface area contributed by atoms with Crippen LogP contribution < -0.4 is 0 Å². The van der Waals surface area contributed by atoms with Crippen molar-refractivity contribution in [3.05, 3.63) is 65.5 Å². The molecule has 116 valence electrons. The summed E-state index contributed by atoms with van der Waals surface area (Å²) in [6, 6.07) is 15.6. The normalized spacial score (nSPS) is 12.3. The molecule has 3 aromatic rings. The molecule has 3 rings (SSSR count). The van der Waals surface area contributed by atoms with Crippen LogP contribution in [-0.2, 0) is 0 Å². The van der Waals surface area contributed by atoms with E-state index in [4.69, 9.17) is 0 Å². The third-order valence-corrected chi connectivity index (χ3v) is 4.78. The fourth-order valence-corrected chi connectivity index (χ4v) is 3.48. The summed E-state index contributed by atoms with van der Waals surface area (Å²) in [5.74, 6) is 0.844. The van der Waals surface area contributed by atoms with Crippen molar-refractivity contribution in [1.29, 1.82) is 0 Å². The molecule has 0 aliphatic rings. The SMILES string of the molecule is Cc1ccc(C(=O)[C@@H](C)Sc2nc(C)nc3ccccc23)cc1. The highest BCUT2D eigenvalue weighted by Crippen LogP contribution is 2.30. The van der Waals surface area contributed by atoms with Crippen molar-refractivity contribution in [1.82, 2.24) is 9.97 Å². The molecule has 0 aliphatic heterocycles. The second-order valence-electron chi connectivity index (χ2n) is 5.58. The van der Waals surface area contributed by atoms with E-state index in [0.29, 0.717) is 0 Å². The monoisotopic (exact) mass is 322 g/mol. The van der Waals surface area contributed by atoms with Gasteiger partial charge < -0.3 is 0 Å². The molecule has 0 saturated heterocycles. The molecule has 1 atom stereocenters. The Morgan fingerprint density at radius 1 is 1.00 bits per heavy atom. The van der Waals surface area contributed by atoms with Crippen LogP contribution in [0.15, 0.2) is 53.6 Å². The van der Waals surface area contributed by atoms with Gasteiger partial charge in [0.05, 0.1) is 10.8 Å². The molecule has 2 aromatic carbocycles. The minimum Gasteiger partial charge on any atom is -0.293 e. The number of benzene rings is 2. The first-order chi connectivity index (χ1) is 11.0. The number of aromatic nitrogens is 2. The topological polar surface area (TPSA) is 42.9 Å². The summed E-state index contributed by atoms with van der Waals surface area (Å²) in [5, 5.41) is 1.66. The number of carbonyl (C=O) groups is 1. The predicted molar refractivity (Wildman–Crippen MR) is 95.1 cm³/mol. The van der Waals surface area contributed by atoms with E-state index in [1.54, 1.807) is 0 Å². The van der Waals surface area contributed by atoms with Gasteiger partial charge in [-0.2, -0.15) is 0 Å². The van der Waals surface area contributed by atoms with Gasteiger partial charge in [0.2, 0.25) is 0 Å². The molecule has 0 N–H and O–H groups in total. The molecule has 3 nitrogen and oxygen atoms in total. The van der Waals surface area contributed by atoms with Gasteiger partial charge in [-0.25, -0.2) is 9.97 Å². The number of hydrogen-bond acceptors (Lipinski definition) is 4. The third-order valence-electron chi connectivity index (χ3n) is 3.67. The van der Waals surface area contributed by atoms with E-state index < -0.39 is 0 Å². The maximum Gasteiger partial charge on any atom is 0.175 e. The standard InChI is InChI=1S/C19H18N2OS/c1-12-8-10-15(11-9-12)18(22)13(2)23-19-16-6-4-5-7-17(16)20-14(3)21-19/h4-11,13H,1-3H3/t13-/m1/s1. The molecular formula is C19H18N2OS. The number of aryl methyl sites for hydroxylation is 2. The van der Waals surface area contributed by atoms with Crippen molar-refractivity contribution in [2.75, 3.05) is 0 Å². The van der Waals surface area contributed by atoms with E-state index in [-0.39, 0.29) is 11.0 Å². The quantitative estimate of drug-likeness (QED) is 0.400. The highest BCUT2D eigenvalue weighted by Gasteiger charge is 2.18. The van der Waals surface area contributed by atoms with Gasteiger partial charge in [-0.15, -0.1) is 0 Å². The largest absolute Gasteiger partial charge is 0.293 e. The Morgan fingerprint density at radius 3 is 2.43 bits per heavy atom. The first-order valence-corrected chi connectivity index (χ1v) is 8.43. The average Bonchev–Trinajstić information content (AvgIpc) is 2.54. The lowest BCUT2D eigenvalue weighted by Crippen LogP contribution is -2.14. The van der Waals surface area contributed by atoms with Gasteiger partial charge in [-0.3, -0.25) is 4.79 Å². The van der Waals surface area contributed by atoms with E-state index in [0.717, 1.165) is 32.9 Å². The van der Waals surface area contributed by atoms with Crippen LogP contribution in [0.2, 0.25) is 0 Å². The van der Waals surface area contributed by atoms with Crippen molar-refractivity contribution in [2.24, 2.45) is 0 Å². The highest BCUT2D eigenvalue weighted by molar-refractivity contribution is 8.00. The van der Waals surface area contributed by atoms with E-state index in [9.17, 15) is 4.79 Å². The van der Waals surface area contributed by atoms with Crippen molar-refractivity contribution in [2.45, 2.75) is 31.0 Å². The summed E-state index contributed by atoms with van der Waals surface area (Å²) in [4.78, 5) is 21.6. The van der Waals surface area contributed by atoms with Crippen LogP contribution in [0.4, 0.5) is 0 Å². The Labute approximate surface area is 140 Å². The summed E-state index contributed by atoms with van der Waals surface area (Å²) >= 11 is 1.49. The number of Topliss-reactive ketones (excluding diaryl/α,β-unsaturated/α-hetero) is 1. The number of thioether (sulfide) groups is 1. The minimum atomic E-state index is -0.199. The number of rotatable bonds is 4. The van der Waals surface area contributed by atoms with Crippen LogP contribution in [0.3, 0.4) is 0 Å². The summed E-state index contributed by atoms with van der Waals surface area (Å²) < 4.78 is 0. The molecule has 0 spiro atoms. The van der Waals surface area contributed by atoms with Crippen LogP contribution >= 0.6 is 11.8 Å². The zero-order valence-corrected chi connectivity index (χ0v) is 14.2. The van der Waals surface area contributed by atoms with Crippen LogP contribution in [0.5, 0.6) is 0 Å². The molecule has 0 saturated carbocycles. The lowest BCUT2D eigenvalue weighted by Gasteiger charge is -2.12. The van der Waals surface area contributed by atoms with Crippen LogP contribution in [-0.4, -0.2) is 21.0 Å². The smallest absolute Gasteiger partial charge is 0.175 e. The summed E-state index contributed by atoms with van der Waals surface area (Å²) in [7, 11) is 0. The first-order valence-electron chi connectivity index (χ1n) is 7.55. The molecule has 4 heteroatoms. The minimum absolute atomic E-state index is 0.121. The highest BCUT2D eigenvalue weighted by atomic mass is 32.2. The molecule has 1 heterocycles. The van der Waals surface area contributed by atoms with Crippen LogP contribution in [0.1, 0.15) is 28.7 Å². The number of ketones is 1. The van der Waals surface area contributed by atoms with Crippen molar-refractivity contribution >= 4 is 28.4 Å². The Balaban J connectivity index is 1.89. The maximum atomic E-state index is 12.6. The van der Waals surface area contributed by atoms with E-state index in [1.165, 1.54) is 11.8 Å². The van der Waals surface area contributed by atoms with Crippen molar-refractivity contribution in [3.63, 3.8) is 0 Å². The Morgan fingerprint density at radius 2 is 1.70 bits per heavy atom. The predicted octanol–water partition coefficient (Wildman–Crippen LogP) is 4.61. The first kappa shape index (κ1) is 15.7. The number of fused-ring (bicyclic) bond motifs is 1. The maximum absolute atomic E-state index is 12.6. The molecule has 0 radical (unpaired) electrons. The van der Waals surface area contributed by atoms with Crippen LogP contribution in [0.25, 0.3) is 10.9 Å². The number of hydrogen-bond donors (Lipinski definition) is 0. The van der Waals surface area contributed by atoms with Gasteiger partial charge in [-0.05, 0) is 26.8 Å². The van der Waals surface area contributed by atoms with Gasteiger partial charge in [0.15, 0.2) is 5.78 Å². The molecular weight excluding hydrogens is 304 g/mol. The van der Waals surface area contributed by atoms with Gasteiger partial charge in [0.25, 0.3) is 0 Å². The van der Waals surface area contributed by atoms with Gasteiger partial charge in [0.1, 0.15) is 10.9 Å². The van der Waals surface area contributed by atoms with E-state index >= 15 is 0 Å². The van der Waals surface area contributed by atoms with E-state index in [2.05, 4.69) is 9.97 Å². The van der Waals surface area contributed by atoms with E-state index in [1.807, 2.05) is 69.3 Å². The second kappa shape index (κ2) is 6.50. The lowest BCUT2D eigenvalue weighted by molar-refractivity contribution is 0.0994. The Bertz CT molecular complexity index is 859. The molecule has 0 fully saturated rings. The summed E-state index contributed by atoms with van der Waals surface area (Å²) in [6.07, 6.45) is 0. The van der Waals surface area contributed by atoms with Crippen molar-refractivity contribution < 1.29 is 4.79 Å². The molecule has 0 bridgehead atoms. The molecule has 0 unspecified atom stereocenters. The number of nitrogens with zero attached hydrogens (tertiary/aromatic N) is 2. The number of carbonyl (C=O) groups excluding carboxylic acids is 1. The van der Waals surface area contributed by atoms with Gasteiger partial charge in [-0.1, -0.05) is 59.8 Å². The molecule has 1 aromatic heterocycles. The molecule has 0 aliphatic carbocycles. The Kier molecular flexibility index (Phi) is 4.44. The van der Waals surface area contributed by atoms with Gasteiger partial charge >= 0.3 is 0 Å². The molecule has 23 heavy (non-hydrogen) atoms. The lowest BCUT2D eigenvalue weighted by atomic mass is 10.1. The summed E-state index contributed by atoms with van der Waals surface area (Å²) in [6.45, 7) is 5.82.